The van der Waals surface area contributed by atoms with Gasteiger partial charge in [-0.05, 0) is 78.5 Å². The Morgan fingerprint density at radius 3 is 2.36 bits per heavy atom. The molecule has 3 aliphatic rings. The quantitative estimate of drug-likeness (QED) is 0.109. The van der Waals surface area contributed by atoms with Crippen molar-refractivity contribution in [2.75, 3.05) is 19.8 Å². The fourth-order valence-corrected chi connectivity index (χ4v) is 8.35. The Morgan fingerprint density at radius 1 is 1.04 bits per heavy atom. The monoisotopic (exact) mass is 789 g/mol. The van der Waals surface area contributed by atoms with Crippen LogP contribution in [-0.2, 0) is 38.4 Å². The lowest BCUT2D eigenvalue weighted by Crippen LogP contribution is -2.67. The minimum absolute atomic E-state index is 0.00708. The van der Waals surface area contributed by atoms with Gasteiger partial charge in [0.25, 0.3) is 0 Å². The summed E-state index contributed by atoms with van der Waals surface area (Å²) in [5.74, 6) is -2.58. The number of hydrogen-bond donors (Lipinski definition) is 5. The molecule has 0 bridgehead atoms. The number of carbonyl (C=O) groups excluding carboxylic acids is 3. The summed E-state index contributed by atoms with van der Waals surface area (Å²) in [6, 6.07) is 4.23. The van der Waals surface area contributed by atoms with Gasteiger partial charge in [0, 0.05) is 31.9 Å². The molecule has 0 spiro atoms. The summed E-state index contributed by atoms with van der Waals surface area (Å²) in [5.41, 5.74) is -0.453. The Balaban J connectivity index is 1.48. The van der Waals surface area contributed by atoms with Crippen LogP contribution in [0.25, 0.3) is 5.57 Å². The molecule has 2 heterocycles. The number of aryl methyl sites for hydroxylation is 1. The topological polar surface area (TPSA) is 124 Å². The van der Waals surface area contributed by atoms with E-state index in [0.29, 0.717) is 60.3 Å². The van der Waals surface area contributed by atoms with Gasteiger partial charge in [-0.1, -0.05) is 84.0 Å². The summed E-state index contributed by atoms with van der Waals surface area (Å²) in [7, 11) is 0. The number of amides is 3. The van der Waals surface area contributed by atoms with Gasteiger partial charge in [-0.2, -0.15) is 13.2 Å². The fraction of sp³-hybridized carbons (Fsp3) is 0.610. The number of carbonyl (C=O) groups is 3. The highest BCUT2D eigenvalue weighted by Gasteiger charge is 2.49. The van der Waals surface area contributed by atoms with Crippen molar-refractivity contribution in [3.8, 4) is 0 Å². The molecular formula is C41H55F4N5O4S. The molecule has 3 amide bonds. The molecule has 6 atom stereocenters. The zero-order chi connectivity index (χ0) is 40.1. The number of ether oxygens (including phenoxy) is 1. The molecule has 3 unspecified atom stereocenters. The first-order chi connectivity index (χ1) is 26.1. The number of thiocarbonyl (C=S) groups is 1. The maximum absolute atomic E-state index is 14.9. The summed E-state index contributed by atoms with van der Waals surface area (Å²) in [4.78, 5) is 46.2. The molecule has 1 aromatic heterocycles. The van der Waals surface area contributed by atoms with Crippen LogP contribution in [0, 0.1) is 23.6 Å². The van der Waals surface area contributed by atoms with Crippen molar-refractivity contribution in [3.05, 3.63) is 64.2 Å². The van der Waals surface area contributed by atoms with Crippen molar-refractivity contribution in [2.24, 2.45) is 17.8 Å². The predicted octanol–water partition coefficient (Wildman–Crippen LogP) is 6.60. The molecule has 5 N–H and O–H groups in total. The highest BCUT2D eigenvalue weighted by Crippen LogP contribution is 2.47. The van der Waals surface area contributed by atoms with E-state index in [1.165, 1.54) is 24.3 Å². The maximum Gasteiger partial charge on any atom is 0.418 e. The van der Waals surface area contributed by atoms with E-state index in [1.807, 2.05) is 27.7 Å². The molecule has 5 rings (SSSR count). The Kier molecular flexibility index (Phi) is 13.9. The standard InChI is InChI=1S/C41H55F4N5O4S/c1-6-23(3)34(48-32(51)20-27-10-8-9-11-30(27)42)37(52)50-40(39(53)49-35(24(4)7-2)38(55)46-22-26-15-18-54-19-16-26)17-14-31-28(21-40)33-25(5)12-13-29(36(33)47-31)41(43,44)45/h8-11,13,23-26,34-35,47H,6-7,12,14-22H2,1-5H3,(H,46,55)(H,48,51)(H,49,53)(H,50,52)/t23?,24?,25?,34-,35-,40+/m0/s1. The van der Waals surface area contributed by atoms with Gasteiger partial charge in [0.1, 0.15) is 17.4 Å². The molecule has 14 heteroatoms. The lowest BCUT2D eigenvalue weighted by molar-refractivity contribution is -0.137. The van der Waals surface area contributed by atoms with Crippen molar-refractivity contribution < 1.29 is 36.7 Å². The van der Waals surface area contributed by atoms with Gasteiger partial charge < -0.3 is 31.0 Å². The van der Waals surface area contributed by atoms with Crippen LogP contribution in [0.1, 0.15) is 107 Å². The number of fused-ring (bicyclic) bond motifs is 3. The zero-order valence-electron chi connectivity index (χ0n) is 32.4. The second-order valence-corrected chi connectivity index (χ2v) is 16.1. The van der Waals surface area contributed by atoms with Crippen molar-refractivity contribution in [2.45, 2.75) is 122 Å². The summed E-state index contributed by atoms with van der Waals surface area (Å²) in [6.45, 7) is 11.5. The smallest absolute Gasteiger partial charge is 0.381 e. The molecule has 302 valence electrons. The van der Waals surface area contributed by atoms with Crippen LogP contribution in [0.5, 0.6) is 0 Å². The second-order valence-electron chi connectivity index (χ2n) is 15.7. The van der Waals surface area contributed by atoms with Crippen molar-refractivity contribution in [1.82, 2.24) is 26.3 Å². The normalized spacial score (nSPS) is 22.2. The number of alkyl halides is 3. The predicted molar refractivity (Wildman–Crippen MR) is 208 cm³/mol. The van der Waals surface area contributed by atoms with Gasteiger partial charge in [0.05, 0.1) is 28.7 Å². The molecule has 55 heavy (non-hydrogen) atoms. The summed E-state index contributed by atoms with van der Waals surface area (Å²) >= 11 is 5.89. The van der Waals surface area contributed by atoms with E-state index in [9.17, 15) is 31.9 Å². The van der Waals surface area contributed by atoms with Crippen LogP contribution in [0.3, 0.4) is 0 Å². The number of halogens is 4. The third kappa shape index (κ3) is 9.79. The lowest BCUT2D eigenvalue weighted by atomic mass is 9.75. The molecule has 2 aliphatic carbocycles. The van der Waals surface area contributed by atoms with Crippen LogP contribution in [-0.4, -0.2) is 71.3 Å². The lowest BCUT2D eigenvalue weighted by Gasteiger charge is -2.40. The third-order valence-corrected chi connectivity index (χ3v) is 12.3. The van der Waals surface area contributed by atoms with Crippen LogP contribution in [0.2, 0.25) is 0 Å². The van der Waals surface area contributed by atoms with E-state index >= 15 is 0 Å². The SMILES string of the molecule is CCC(C)[C@H](NC(=O)Cc1ccccc1F)C(=O)N[C@]1(C(=O)N[C@H](C(=S)NCC2CCOCC2)C(C)CC)CCc2[nH]c3c(c2C1)C(C)CC=C3C(F)(F)F. The number of allylic oxidation sites excluding steroid dienone is 2. The molecule has 2 aromatic rings. The molecule has 1 saturated heterocycles. The van der Waals surface area contributed by atoms with Crippen molar-refractivity contribution in [3.63, 3.8) is 0 Å². The minimum atomic E-state index is -4.58. The molecule has 0 saturated carbocycles. The van der Waals surface area contributed by atoms with E-state index in [4.69, 9.17) is 17.0 Å². The van der Waals surface area contributed by atoms with Crippen molar-refractivity contribution in [1.29, 1.82) is 0 Å². The van der Waals surface area contributed by atoms with Crippen LogP contribution < -0.4 is 21.3 Å². The highest BCUT2D eigenvalue weighted by atomic mass is 32.1. The second kappa shape index (κ2) is 18.0. The number of aromatic amines is 1. The van der Waals surface area contributed by atoms with Crippen LogP contribution >= 0.6 is 12.2 Å². The average Bonchev–Trinajstić information content (AvgIpc) is 3.54. The van der Waals surface area contributed by atoms with Crippen molar-refractivity contribution >= 4 is 40.5 Å². The number of nitrogens with one attached hydrogen (secondary N) is 5. The third-order valence-electron chi connectivity index (χ3n) is 11.9. The molecule has 0 radical (unpaired) electrons. The van der Waals surface area contributed by atoms with Gasteiger partial charge in [0.2, 0.25) is 17.7 Å². The first kappa shape index (κ1) is 42.4. The Hall–Kier alpha value is -3.78. The van der Waals surface area contributed by atoms with E-state index in [1.54, 1.807) is 13.0 Å². The Bertz CT molecular complexity index is 1760. The van der Waals surface area contributed by atoms with Gasteiger partial charge in [0.15, 0.2) is 0 Å². The first-order valence-electron chi connectivity index (χ1n) is 19.6. The zero-order valence-corrected chi connectivity index (χ0v) is 33.2. The van der Waals surface area contributed by atoms with Crippen LogP contribution in [0.15, 0.2) is 30.3 Å². The molecule has 1 aliphatic heterocycles. The van der Waals surface area contributed by atoms with Gasteiger partial charge in [-0.25, -0.2) is 4.39 Å². The number of benzene rings is 1. The summed E-state index contributed by atoms with van der Waals surface area (Å²) in [6.07, 6.45) is -0.290. The summed E-state index contributed by atoms with van der Waals surface area (Å²) < 4.78 is 62.7. The van der Waals surface area contributed by atoms with E-state index in [0.717, 1.165) is 12.8 Å². The van der Waals surface area contributed by atoms with Gasteiger partial charge >= 0.3 is 6.18 Å². The van der Waals surface area contributed by atoms with E-state index in [-0.39, 0.29) is 61.1 Å². The molecular weight excluding hydrogens is 735 g/mol. The van der Waals surface area contributed by atoms with Crippen LogP contribution in [0.4, 0.5) is 17.6 Å². The molecule has 1 aromatic carbocycles. The highest BCUT2D eigenvalue weighted by molar-refractivity contribution is 7.80. The van der Waals surface area contributed by atoms with Gasteiger partial charge in [-0.3, -0.25) is 14.4 Å². The number of aromatic nitrogens is 1. The number of hydrogen-bond acceptors (Lipinski definition) is 5. The number of rotatable bonds is 14. The largest absolute Gasteiger partial charge is 0.418 e. The first-order valence-corrected chi connectivity index (χ1v) is 20.0. The minimum Gasteiger partial charge on any atom is -0.381 e. The molecule has 9 nitrogen and oxygen atoms in total. The molecule has 1 fully saturated rings. The van der Waals surface area contributed by atoms with E-state index in [2.05, 4.69) is 26.3 Å². The summed E-state index contributed by atoms with van der Waals surface area (Å²) in [5, 5.41) is 12.4. The average molecular weight is 790 g/mol. The number of H-pyrrole nitrogens is 1. The van der Waals surface area contributed by atoms with Gasteiger partial charge in [-0.15, -0.1) is 0 Å². The fourth-order valence-electron chi connectivity index (χ4n) is 7.98. The van der Waals surface area contributed by atoms with E-state index < -0.39 is 52.9 Å². The Morgan fingerprint density at radius 2 is 1.71 bits per heavy atom. The maximum atomic E-state index is 14.9. The Labute approximate surface area is 326 Å².